The lowest BCUT2D eigenvalue weighted by molar-refractivity contribution is 0.183. The van der Waals surface area contributed by atoms with E-state index in [2.05, 4.69) is 32.7 Å². The molecular weight excluding hydrogens is 172 g/mol. The SMILES string of the molecule is CN(CC(N)C(C)(C)C)C1CCCC1. The van der Waals surface area contributed by atoms with E-state index in [9.17, 15) is 0 Å². The van der Waals surface area contributed by atoms with Crippen molar-refractivity contribution in [2.24, 2.45) is 11.1 Å². The van der Waals surface area contributed by atoms with Crippen LogP contribution in [0.3, 0.4) is 0 Å². The lowest BCUT2D eigenvalue weighted by atomic mass is 9.87. The zero-order valence-electron chi connectivity index (χ0n) is 10.2. The molecule has 1 aliphatic rings. The first-order chi connectivity index (χ1) is 6.41. The number of hydrogen-bond donors (Lipinski definition) is 1. The molecule has 1 unspecified atom stereocenters. The Balaban J connectivity index is 2.35. The van der Waals surface area contributed by atoms with E-state index in [1.54, 1.807) is 0 Å². The van der Waals surface area contributed by atoms with E-state index < -0.39 is 0 Å². The quantitative estimate of drug-likeness (QED) is 0.753. The third-order valence-corrected chi connectivity index (χ3v) is 3.55. The van der Waals surface area contributed by atoms with Gasteiger partial charge < -0.3 is 10.6 Å². The van der Waals surface area contributed by atoms with Gasteiger partial charge in [0.2, 0.25) is 0 Å². The number of rotatable bonds is 3. The van der Waals surface area contributed by atoms with E-state index in [1.807, 2.05) is 0 Å². The molecule has 0 saturated heterocycles. The topological polar surface area (TPSA) is 29.3 Å². The highest BCUT2D eigenvalue weighted by Gasteiger charge is 2.26. The first kappa shape index (κ1) is 12.0. The second kappa shape index (κ2) is 4.63. The van der Waals surface area contributed by atoms with E-state index in [-0.39, 0.29) is 11.5 Å². The van der Waals surface area contributed by atoms with Crippen molar-refractivity contribution in [2.75, 3.05) is 13.6 Å². The highest BCUT2D eigenvalue weighted by molar-refractivity contribution is 4.83. The predicted octanol–water partition coefficient (Wildman–Crippen LogP) is 2.23. The van der Waals surface area contributed by atoms with Crippen LogP contribution in [0.25, 0.3) is 0 Å². The van der Waals surface area contributed by atoms with Gasteiger partial charge in [-0.05, 0) is 25.3 Å². The van der Waals surface area contributed by atoms with Gasteiger partial charge in [0.05, 0.1) is 0 Å². The molecule has 2 nitrogen and oxygen atoms in total. The number of nitrogens with two attached hydrogens (primary N) is 1. The first-order valence-corrected chi connectivity index (χ1v) is 5.87. The summed E-state index contributed by atoms with van der Waals surface area (Å²) in [6, 6.07) is 1.08. The zero-order valence-corrected chi connectivity index (χ0v) is 10.2. The molecule has 1 rings (SSSR count). The van der Waals surface area contributed by atoms with Crippen molar-refractivity contribution < 1.29 is 0 Å². The molecule has 0 aromatic heterocycles. The van der Waals surface area contributed by atoms with Crippen molar-refractivity contribution >= 4 is 0 Å². The zero-order chi connectivity index (χ0) is 10.8. The van der Waals surface area contributed by atoms with Gasteiger partial charge >= 0.3 is 0 Å². The third-order valence-electron chi connectivity index (χ3n) is 3.55. The predicted molar refractivity (Wildman–Crippen MR) is 62.3 cm³/mol. The van der Waals surface area contributed by atoms with Gasteiger partial charge in [-0.2, -0.15) is 0 Å². The monoisotopic (exact) mass is 198 g/mol. The minimum Gasteiger partial charge on any atom is -0.326 e. The Morgan fingerprint density at radius 2 is 1.79 bits per heavy atom. The number of nitrogens with zero attached hydrogens (tertiary/aromatic N) is 1. The van der Waals surface area contributed by atoms with Gasteiger partial charge in [0.15, 0.2) is 0 Å². The van der Waals surface area contributed by atoms with E-state index in [4.69, 9.17) is 5.73 Å². The molecule has 1 saturated carbocycles. The van der Waals surface area contributed by atoms with Crippen LogP contribution in [0.4, 0.5) is 0 Å². The molecule has 0 aromatic rings. The molecule has 0 radical (unpaired) electrons. The van der Waals surface area contributed by atoms with Crippen molar-refractivity contribution in [2.45, 2.75) is 58.5 Å². The molecule has 0 bridgehead atoms. The maximum Gasteiger partial charge on any atom is 0.0217 e. The minimum absolute atomic E-state index is 0.229. The molecule has 0 aliphatic heterocycles. The lowest BCUT2D eigenvalue weighted by Gasteiger charge is -2.33. The number of likely N-dealkylation sites (N-methyl/N-ethyl adjacent to an activating group) is 1. The molecule has 84 valence electrons. The summed E-state index contributed by atoms with van der Waals surface area (Å²) in [5.41, 5.74) is 6.41. The molecular formula is C12H26N2. The van der Waals surface area contributed by atoms with Crippen LogP contribution in [-0.4, -0.2) is 30.6 Å². The van der Waals surface area contributed by atoms with E-state index in [0.29, 0.717) is 0 Å². The van der Waals surface area contributed by atoms with Gasteiger partial charge in [-0.15, -0.1) is 0 Å². The molecule has 1 fully saturated rings. The van der Waals surface area contributed by atoms with Crippen LogP contribution in [0, 0.1) is 5.41 Å². The van der Waals surface area contributed by atoms with Crippen LogP contribution in [0.15, 0.2) is 0 Å². The van der Waals surface area contributed by atoms with E-state index >= 15 is 0 Å². The molecule has 0 amide bonds. The average Bonchev–Trinajstić information content (AvgIpc) is 2.53. The van der Waals surface area contributed by atoms with Crippen molar-refractivity contribution in [3.63, 3.8) is 0 Å². The fraction of sp³-hybridized carbons (Fsp3) is 1.00. The summed E-state index contributed by atoms with van der Waals surface area (Å²) < 4.78 is 0. The lowest BCUT2D eigenvalue weighted by Crippen LogP contribution is -2.46. The molecule has 14 heavy (non-hydrogen) atoms. The standard InChI is InChI=1S/C12H26N2/c1-12(2,3)11(13)9-14(4)10-7-5-6-8-10/h10-11H,5-9,13H2,1-4H3. The van der Waals surface area contributed by atoms with Gasteiger partial charge in [0, 0.05) is 18.6 Å². The summed E-state index contributed by atoms with van der Waals surface area (Å²) in [5.74, 6) is 0. The molecule has 0 heterocycles. The third kappa shape index (κ3) is 3.25. The molecule has 0 spiro atoms. The molecule has 2 heteroatoms. The smallest absolute Gasteiger partial charge is 0.0217 e. The minimum atomic E-state index is 0.229. The summed E-state index contributed by atoms with van der Waals surface area (Å²) in [6.45, 7) is 7.70. The van der Waals surface area contributed by atoms with Gasteiger partial charge in [-0.1, -0.05) is 33.6 Å². The van der Waals surface area contributed by atoms with Gasteiger partial charge in [-0.3, -0.25) is 0 Å². The van der Waals surface area contributed by atoms with Crippen molar-refractivity contribution in [1.29, 1.82) is 0 Å². The fourth-order valence-electron chi connectivity index (χ4n) is 2.08. The highest BCUT2D eigenvalue weighted by Crippen LogP contribution is 2.24. The Labute approximate surface area is 88.8 Å². The first-order valence-electron chi connectivity index (χ1n) is 5.87. The Morgan fingerprint density at radius 1 is 1.29 bits per heavy atom. The normalized spacial score (nSPS) is 21.9. The van der Waals surface area contributed by atoms with Crippen molar-refractivity contribution in [3.8, 4) is 0 Å². The largest absolute Gasteiger partial charge is 0.326 e. The molecule has 1 atom stereocenters. The van der Waals surface area contributed by atoms with Gasteiger partial charge in [0.25, 0.3) is 0 Å². The van der Waals surface area contributed by atoms with Crippen molar-refractivity contribution in [1.82, 2.24) is 4.90 Å². The summed E-state index contributed by atoms with van der Waals surface area (Å²) in [7, 11) is 2.22. The summed E-state index contributed by atoms with van der Waals surface area (Å²) >= 11 is 0. The maximum absolute atomic E-state index is 6.18. The van der Waals surface area contributed by atoms with Crippen LogP contribution in [0.5, 0.6) is 0 Å². The van der Waals surface area contributed by atoms with E-state index in [1.165, 1.54) is 25.7 Å². The summed E-state index contributed by atoms with van der Waals surface area (Å²) in [5, 5.41) is 0. The van der Waals surface area contributed by atoms with Gasteiger partial charge in [0.1, 0.15) is 0 Å². The Kier molecular flexibility index (Phi) is 3.96. The molecule has 2 N–H and O–H groups in total. The van der Waals surface area contributed by atoms with Crippen LogP contribution >= 0.6 is 0 Å². The van der Waals surface area contributed by atoms with Crippen LogP contribution in [0.2, 0.25) is 0 Å². The summed E-state index contributed by atoms with van der Waals surface area (Å²) in [6.07, 6.45) is 5.54. The Morgan fingerprint density at radius 3 is 2.21 bits per heavy atom. The second-order valence-corrected chi connectivity index (χ2v) is 5.85. The molecule has 0 aromatic carbocycles. The average molecular weight is 198 g/mol. The second-order valence-electron chi connectivity index (χ2n) is 5.85. The maximum atomic E-state index is 6.18. The molecule has 1 aliphatic carbocycles. The fourth-order valence-corrected chi connectivity index (χ4v) is 2.08. The van der Waals surface area contributed by atoms with E-state index in [0.717, 1.165) is 12.6 Å². The Hall–Kier alpha value is -0.0800. The van der Waals surface area contributed by atoms with Crippen LogP contribution in [-0.2, 0) is 0 Å². The van der Waals surface area contributed by atoms with Crippen molar-refractivity contribution in [3.05, 3.63) is 0 Å². The van der Waals surface area contributed by atoms with Gasteiger partial charge in [-0.25, -0.2) is 0 Å². The summed E-state index contributed by atoms with van der Waals surface area (Å²) in [4.78, 5) is 2.46. The Bertz CT molecular complexity index is 166. The number of hydrogen-bond acceptors (Lipinski definition) is 2. The highest BCUT2D eigenvalue weighted by atomic mass is 15.1. The van der Waals surface area contributed by atoms with Crippen LogP contribution in [0.1, 0.15) is 46.5 Å². The van der Waals surface area contributed by atoms with Crippen LogP contribution < -0.4 is 5.73 Å².